The molecule has 4 aliphatic carbocycles. The molecule has 0 saturated heterocycles. The summed E-state index contributed by atoms with van der Waals surface area (Å²) in [5.41, 5.74) is 1.82. The minimum absolute atomic E-state index is 0.0579. The average molecular weight is 494 g/mol. The Hall–Kier alpha value is -2.54. The first kappa shape index (κ1) is 25.1. The molecule has 0 aliphatic heterocycles. The molecule has 6 atom stereocenters. The highest BCUT2D eigenvalue weighted by Gasteiger charge is 2.65. The maximum Gasteiger partial charge on any atom is 0.261 e. The smallest absolute Gasteiger partial charge is 0.261 e. The molecule has 36 heavy (non-hydrogen) atoms. The van der Waals surface area contributed by atoms with Gasteiger partial charge in [-0.15, -0.1) is 0 Å². The van der Waals surface area contributed by atoms with Crippen molar-refractivity contribution < 1.29 is 19.5 Å². The van der Waals surface area contributed by atoms with Gasteiger partial charge in [-0.1, -0.05) is 30.6 Å². The Balaban J connectivity index is 1.22. The number of hydrogen-bond acceptors (Lipinski definition) is 6. The van der Waals surface area contributed by atoms with E-state index in [-0.39, 0.29) is 29.1 Å². The zero-order valence-corrected chi connectivity index (χ0v) is 21.8. The zero-order chi connectivity index (χ0) is 25.6. The van der Waals surface area contributed by atoms with Crippen molar-refractivity contribution in [3.8, 4) is 0 Å². The summed E-state index contributed by atoms with van der Waals surface area (Å²) in [6.45, 7) is 6.41. The molecule has 194 valence electrons. The highest BCUT2D eigenvalue weighted by atomic mass is 16.6. The Bertz CT molecular complexity index is 1090. The quantitative estimate of drug-likeness (QED) is 0.574. The summed E-state index contributed by atoms with van der Waals surface area (Å²) < 4.78 is 0. The molecule has 1 heterocycles. The van der Waals surface area contributed by atoms with Crippen LogP contribution in [0.15, 0.2) is 41.2 Å². The first-order chi connectivity index (χ1) is 17.2. The number of oxime groups is 1. The number of rotatable bonds is 6. The van der Waals surface area contributed by atoms with Gasteiger partial charge in [-0.3, -0.25) is 14.6 Å². The Morgan fingerprint density at radius 1 is 1.14 bits per heavy atom. The molecule has 2 N–H and O–H groups in total. The minimum atomic E-state index is -1.16. The normalized spacial score (nSPS) is 38.4. The van der Waals surface area contributed by atoms with Crippen LogP contribution in [0.2, 0.25) is 0 Å². The number of carbonyl (C=O) groups is 2. The van der Waals surface area contributed by atoms with Crippen molar-refractivity contribution >= 4 is 17.4 Å². The van der Waals surface area contributed by atoms with Gasteiger partial charge in [-0.2, -0.15) is 0 Å². The van der Waals surface area contributed by atoms with Crippen molar-refractivity contribution in [2.24, 2.45) is 33.7 Å². The van der Waals surface area contributed by atoms with Crippen molar-refractivity contribution in [3.05, 3.63) is 41.7 Å². The number of fused-ring (bicyclic) bond motifs is 5. The fourth-order valence-electron chi connectivity index (χ4n) is 8.15. The SMILES string of the molecule is CC(=O)C1(O)CCC2C3CCC4=CC(=NOCC(=O)NCc5ccccn5)CCC4(C)C3CCC21C. The van der Waals surface area contributed by atoms with E-state index in [2.05, 4.69) is 35.4 Å². The van der Waals surface area contributed by atoms with Gasteiger partial charge in [0.1, 0.15) is 5.60 Å². The van der Waals surface area contributed by atoms with E-state index in [4.69, 9.17) is 4.84 Å². The van der Waals surface area contributed by atoms with Gasteiger partial charge >= 0.3 is 0 Å². The van der Waals surface area contributed by atoms with E-state index in [0.717, 1.165) is 56.4 Å². The largest absolute Gasteiger partial charge is 0.385 e. The first-order valence-corrected chi connectivity index (χ1v) is 13.5. The van der Waals surface area contributed by atoms with E-state index in [9.17, 15) is 14.7 Å². The molecular formula is C29H39N3O4. The van der Waals surface area contributed by atoms with Gasteiger partial charge in [0.15, 0.2) is 12.4 Å². The van der Waals surface area contributed by atoms with Crippen LogP contribution in [0, 0.1) is 28.6 Å². The van der Waals surface area contributed by atoms with Crippen LogP contribution in [0.3, 0.4) is 0 Å². The second-order valence-corrected chi connectivity index (χ2v) is 11.9. The molecule has 0 radical (unpaired) electrons. The molecule has 0 aromatic carbocycles. The van der Waals surface area contributed by atoms with Crippen LogP contribution < -0.4 is 5.32 Å². The second-order valence-electron chi connectivity index (χ2n) is 11.9. The maximum atomic E-state index is 12.4. The molecular weight excluding hydrogens is 454 g/mol. The third-order valence-corrected chi connectivity index (χ3v) is 10.3. The van der Waals surface area contributed by atoms with Crippen LogP contribution >= 0.6 is 0 Å². The van der Waals surface area contributed by atoms with Crippen LogP contribution in [0.1, 0.15) is 77.8 Å². The molecule has 7 heteroatoms. The molecule has 3 fully saturated rings. The number of Topliss-reactive ketones (excluding diaryl/α,β-unsaturated/α-hetero) is 1. The lowest BCUT2D eigenvalue weighted by Crippen LogP contribution is -2.57. The van der Waals surface area contributed by atoms with Gasteiger partial charge in [0.05, 0.1) is 18.0 Å². The predicted octanol–water partition coefficient (Wildman–Crippen LogP) is 4.35. The maximum absolute atomic E-state index is 12.4. The molecule has 6 unspecified atom stereocenters. The van der Waals surface area contributed by atoms with Crippen LogP contribution in [0.25, 0.3) is 0 Å². The van der Waals surface area contributed by atoms with E-state index in [0.29, 0.717) is 30.7 Å². The van der Waals surface area contributed by atoms with Gasteiger partial charge in [0, 0.05) is 11.6 Å². The van der Waals surface area contributed by atoms with Crippen LogP contribution in [-0.2, 0) is 21.0 Å². The monoisotopic (exact) mass is 493 g/mol. The van der Waals surface area contributed by atoms with Gasteiger partial charge in [0.25, 0.3) is 5.91 Å². The lowest BCUT2D eigenvalue weighted by Gasteiger charge is -2.59. The van der Waals surface area contributed by atoms with Crippen LogP contribution in [0.4, 0.5) is 0 Å². The number of nitrogens with one attached hydrogen (secondary N) is 1. The zero-order valence-electron chi connectivity index (χ0n) is 21.8. The molecule has 4 aliphatic rings. The lowest BCUT2D eigenvalue weighted by molar-refractivity contribution is -0.159. The highest BCUT2D eigenvalue weighted by Crippen LogP contribution is 2.67. The number of ketones is 1. The predicted molar refractivity (Wildman–Crippen MR) is 137 cm³/mol. The second kappa shape index (κ2) is 9.40. The summed E-state index contributed by atoms with van der Waals surface area (Å²) in [4.78, 5) is 34.1. The van der Waals surface area contributed by atoms with E-state index in [1.807, 2.05) is 18.2 Å². The molecule has 7 nitrogen and oxygen atoms in total. The number of hydrogen-bond donors (Lipinski definition) is 2. The topological polar surface area (TPSA) is 101 Å². The van der Waals surface area contributed by atoms with Gasteiger partial charge < -0.3 is 15.3 Å². The lowest BCUT2D eigenvalue weighted by atomic mass is 9.46. The highest BCUT2D eigenvalue weighted by molar-refractivity contribution is 5.96. The number of nitrogens with zero attached hydrogens (tertiary/aromatic N) is 2. The molecule has 0 bridgehead atoms. The van der Waals surface area contributed by atoms with E-state index >= 15 is 0 Å². The number of amides is 1. The molecule has 1 amide bonds. The third-order valence-electron chi connectivity index (χ3n) is 10.3. The summed E-state index contributed by atoms with van der Waals surface area (Å²) in [6, 6.07) is 5.60. The Kier molecular flexibility index (Phi) is 6.56. The van der Waals surface area contributed by atoms with Crippen LogP contribution in [0.5, 0.6) is 0 Å². The van der Waals surface area contributed by atoms with Crippen molar-refractivity contribution in [1.82, 2.24) is 10.3 Å². The summed E-state index contributed by atoms with van der Waals surface area (Å²) in [5, 5.41) is 18.4. The summed E-state index contributed by atoms with van der Waals surface area (Å²) >= 11 is 0. The fraction of sp³-hybridized carbons (Fsp3) is 0.655. The van der Waals surface area contributed by atoms with Gasteiger partial charge in [-0.25, -0.2) is 0 Å². The molecule has 1 aromatic heterocycles. The first-order valence-electron chi connectivity index (χ1n) is 13.5. The number of aliphatic hydroxyl groups is 1. The fourth-order valence-corrected chi connectivity index (χ4v) is 8.15. The number of aromatic nitrogens is 1. The standard InChI is InChI=1S/C29H39N3O4/c1-19(33)29(35)14-11-25-23-8-7-20-16-21(9-12-27(20,2)24(23)10-13-28(25,29)3)32-36-18-26(34)31-17-22-6-4-5-15-30-22/h4-6,15-16,23-25,35H,7-14,17-18H2,1-3H3,(H,31,34). The van der Waals surface area contributed by atoms with Crippen LogP contribution in [-0.4, -0.2) is 39.7 Å². The summed E-state index contributed by atoms with van der Waals surface area (Å²) in [5.74, 6) is 1.26. The van der Waals surface area contributed by atoms with E-state index in [1.54, 1.807) is 13.1 Å². The number of pyridine rings is 1. The Morgan fingerprint density at radius 2 is 1.94 bits per heavy atom. The van der Waals surface area contributed by atoms with Gasteiger partial charge in [-0.05, 0) is 99.7 Å². The minimum Gasteiger partial charge on any atom is -0.385 e. The molecule has 5 rings (SSSR count). The third kappa shape index (κ3) is 4.09. The molecule has 0 spiro atoms. The van der Waals surface area contributed by atoms with E-state index in [1.165, 1.54) is 5.57 Å². The summed E-state index contributed by atoms with van der Waals surface area (Å²) in [6.07, 6.45) is 11.4. The van der Waals surface area contributed by atoms with Gasteiger partial charge in [0.2, 0.25) is 0 Å². The van der Waals surface area contributed by atoms with E-state index < -0.39 is 5.60 Å². The number of carbonyl (C=O) groups excluding carboxylic acids is 2. The van der Waals surface area contributed by atoms with Crippen molar-refractivity contribution in [2.75, 3.05) is 6.61 Å². The summed E-state index contributed by atoms with van der Waals surface area (Å²) in [7, 11) is 0. The average Bonchev–Trinajstić information content (AvgIpc) is 3.15. The van der Waals surface area contributed by atoms with Crippen molar-refractivity contribution in [1.29, 1.82) is 0 Å². The van der Waals surface area contributed by atoms with Crippen molar-refractivity contribution in [2.45, 2.75) is 84.3 Å². The molecule has 1 aromatic rings. The number of allylic oxidation sites excluding steroid dienone is 2. The Morgan fingerprint density at radius 3 is 2.69 bits per heavy atom. The van der Waals surface area contributed by atoms with Crippen molar-refractivity contribution in [3.63, 3.8) is 0 Å². The Labute approximate surface area is 213 Å². The molecule has 3 saturated carbocycles.